The first-order chi connectivity index (χ1) is 5.70. The molecule has 0 aliphatic rings. The normalized spacial score (nSPS) is 11.5. The van der Waals surface area contributed by atoms with Crippen molar-refractivity contribution in [2.24, 2.45) is 5.73 Å². The van der Waals surface area contributed by atoms with E-state index in [0.717, 1.165) is 5.56 Å². The molecule has 3 N–H and O–H groups in total. The molecule has 1 radical (unpaired) electrons. The predicted molar refractivity (Wildman–Crippen MR) is 45.8 cm³/mol. The van der Waals surface area contributed by atoms with E-state index in [1.54, 1.807) is 0 Å². The van der Waals surface area contributed by atoms with Gasteiger partial charge in [0.25, 0.3) is 0 Å². The number of carboxylic acid groups (broad SMARTS) is 1. The predicted octanol–water partition coefficient (Wildman–Crippen LogP) is 0.639. The molecule has 0 bridgehead atoms. The minimum Gasteiger partial charge on any atom is -0.480 e. The molecular weight excluding hydrogens is 218 g/mol. The summed E-state index contributed by atoms with van der Waals surface area (Å²) in [6.07, 6.45) is 0.385. The third kappa shape index (κ3) is 4.08. The molecule has 0 spiro atoms. The molecule has 0 heterocycles. The van der Waals surface area contributed by atoms with Crippen molar-refractivity contribution in [1.82, 2.24) is 0 Å². The second-order valence-electron chi connectivity index (χ2n) is 2.63. The standard InChI is InChI=1S/C9H11NO2.Cu/c10-8(9(11)12)6-7-4-2-1-3-5-7;/h1-5,8H,6,10H2,(H,11,12);/t8-;/m0./s1. The molecule has 0 aromatic heterocycles. The molecule has 0 amide bonds. The summed E-state index contributed by atoms with van der Waals surface area (Å²) in [4.78, 5) is 10.4. The Kier molecular flexibility index (Phi) is 5.39. The van der Waals surface area contributed by atoms with Gasteiger partial charge in [-0.15, -0.1) is 0 Å². The summed E-state index contributed by atoms with van der Waals surface area (Å²) in [6.45, 7) is 0. The summed E-state index contributed by atoms with van der Waals surface area (Å²) in [7, 11) is 0. The number of hydrogen-bond donors (Lipinski definition) is 2. The van der Waals surface area contributed by atoms with Crippen molar-refractivity contribution < 1.29 is 27.0 Å². The summed E-state index contributed by atoms with van der Waals surface area (Å²) in [5.41, 5.74) is 6.30. The van der Waals surface area contributed by atoms with E-state index < -0.39 is 12.0 Å². The minimum atomic E-state index is -0.959. The average Bonchev–Trinajstić information content (AvgIpc) is 2.06. The van der Waals surface area contributed by atoms with Crippen LogP contribution in [0, 0.1) is 0 Å². The SMILES string of the molecule is N[C@@H](Cc1ccccc1)C(=O)O.[Cu]. The van der Waals surface area contributed by atoms with Gasteiger partial charge in [-0.25, -0.2) is 0 Å². The first-order valence-corrected chi connectivity index (χ1v) is 3.72. The number of benzene rings is 1. The van der Waals surface area contributed by atoms with E-state index in [9.17, 15) is 4.79 Å². The van der Waals surface area contributed by atoms with Crippen LogP contribution in [0.3, 0.4) is 0 Å². The van der Waals surface area contributed by atoms with Crippen LogP contribution in [0.25, 0.3) is 0 Å². The smallest absolute Gasteiger partial charge is 0.320 e. The molecule has 0 saturated heterocycles. The van der Waals surface area contributed by atoms with Gasteiger partial charge in [0.05, 0.1) is 0 Å². The zero-order chi connectivity index (χ0) is 8.97. The Labute approximate surface area is 87.4 Å². The monoisotopic (exact) mass is 228 g/mol. The van der Waals surface area contributed by atoms with E-state index >= 15 is 0 Å². The van der Waals surface area contributed by atoms with Crippen LogP contribution >= 0.6 is 0 Å². The van der Waals surface area contributed by atoms with Gasteiger partial charge >= 0.3 is 5.97 Å². The maximum absolute atomic E-state index is 10.4. The van der Waals surface area contributed by atoms with E-state index in [1.807, 2.05) is 30.3 Å². The van der Waals surface area contributed by atoms with Crippen LogP contribution in [0.5, 0.6) is 0 Å². The Morgan fingerprint density at radius 3 is 2.38 bits per heavy atom. The summed E-state index contributed by atoms with van der Waals surface area (Å²) >= 11 is 0. The van der Waals surface area contributed by atoms with Gasteiger partial charge in [-0.1, -0.05) is 30.3 Å². The molecular formula is C9H11CuNO2. The quantitative estimate of drug-likeness (QED) is 0.747. The zero-order valence-electron chi connectivity index (χ0n) is 6.91. The summed E-state index contributed by atoms with van der Waals surface area (Å²) < 4.78 is 0. The summed E-state index contributed by atoms with van der Waals surface area (Å²) in [6, 6.07) is 8.54. The Hall–Kier alpha value is -0.831. The Morgan fingerprint density at radius 2 is 1.92 bits per heavy atom. The summed E-state index contributed by atoms with van der Waals surface area (Å²) in [5.74, 6) is -0.959. The maximum atomic E-state index is 10.4. The van der Waals surface area contributed by atoms with Crippen molar-refractivity contribution in [2.45, 2.75) is 12.5 Å². The van der Waals surface area contributed by atoms with Crippen molar-refractivity contribution in [1.29, 1.82) is 0 Å². The molecule has 75 valence electrons. The third-order valence-corrected chi connectivity index (χ3v) is 1.62. The van der Waals surface area contributed by atoms with Crippen LogP contribution in [0.4, 0.5) is 0 Å². The molecule has 0 aliphatic carbocycles. The molecule has 1 aromatic rings. The van der Waals surface area contributed by atoms with Gasteiger partial charge in [-0.2, -0.15) is 0 Å². The van der Waals surface area contributed by atoms with Gasteiger partial charge in [0.1, 0.15) is 6.04 Å². The van der Waals surface area contributed by atoms with Crippen LogP contribution < -0.4 is 5.73 Å². The fraction of sp³-hybridized carbons (Fsp3) is 0.222. The first-order valence-electron chi connectivity index (χ1n) is 3.72. The number of carbonyl (C=O) groups is 1. The topological polar surface area (TPSA) is 63.3 Å². The number of hydrogen-bond acceptors (Lipinski definition) is 2. The number of nitrogens with two attached hydrogens (primary N) is 1. The van der Waals surface area contributed by atoms with E-state index in [1.165, 1.54) is 0 Å². The van der Waals surface area contributed by atoms with Crippen LogP contribution in [0.2, 0.25) is 0 Å². The average molecular weight is 229 g/mol. The molecule has 1 atom stereocenters. The fourth-order valence-electron chi connectivity index (χ4n) is 0.955. The molecule has 3 nitrogen and oxygen atoms in total. The van der Waals surface area contributed by atoms with Crippen LogP contribution in [0.1, 0.15) is 5.56 Å². The number of rotatable bonds is 3. The van der Waals surface area contributed by atoms with Crippen molar-refractivity contribution in [3.05, 3.63) is 35.9 Å². The van der Waals surface area contributed by atoms with Crippen LogP contribution in [0.15, 0.2) is 30.3 Å². The molecule has 4 heteroatoms. The molecule has 1 rings (SSSR count). The minimum absolute atomic E-state index is 0. The van der Waals surface area contributed by atoms with E-state index in [2.05, 4.69) is 0 Å². The van der Waals surface area contributed by atoms with Gasteiger partial charge in [0.15, 0.2) is 0 Å². The van der Waals surface area contributed by atoms with E-state index in [0.29, 0.717) is 6.42 Å². The van der Waals surface area contributed by atoms with Crippen molar-refractivity contribution in [2.75, 3.05) is 0 Å². The van der Waals surface area contributed by atoms with E-state index in [-0.39, 0.29) is 17.1 Å². The van der Waals surface area contributed by atoms with E-state index in [4.69, 9.17) is 10.8 Å². The second kappa shape index (κ2) is 5.75. The maximum Gasteiger partial charge on any atom is 0.320 e. The first kappa shape index (κ1) is 12.2. The molecule has 0 unspecified atom stereocenters. The number of aliphatic carboxylic acids is 1. The summed E-state index contributed by atoms with van der Waals surface area (Å²) in [5, 5.41) is 8.52. The fourth-order valence-corrected chi connectivity index (χ4v) is 0.955. The van der Waals surface area contributed by atoms with Gasteiger partial charge in [0.2, 0.25) is 0 Å². The van der Waals surface area contributed by atoms with Gasteiger partial charge in [-0.05, 0) is 12.0 Å². The number of carboxylic acids is 1. The Balaban J connectivity index is 0.00000144. The van der Waals surface area contributed by atoms with Crippen molar-refractivity contribution in [3.8, 4) is 0 Å². The molecule has 0 aliphatic heterocycles. The van der Waals surface area contributed by atoms with Crippen molar-refractivity contribution >= 4 is 5.97 Å². The van der Waals surface area contributed by atoms with Gasteiger partial charge < -0.3 is 10.8 Å². The molecule has 13 heavy (non-hydrogen) atoms. The van der Waals surface area contributed by atoms with Crippen LogP contribution in [-0.2, 0) is 28.3 Å². The molecule has 0 fully saturated rings. The zero-order valence-corrected chi connectivity index (χ0v) is 7.85. The Morgan fingerprint density at radius 1 is 1.38 bits per heavy atom. The third-order valence-electron chi connectivity index (χ3n) is 1.62. The molecule has 1 aromatic carbocycles. The van der Waals surface area contributed by atoms with Gasteiger partial charge in [0, 0.05) is 17.1 Å². The van der Waals surface area contributed by atoms with Crippen LogP contribution in [-0.4, -0.2) is 17.1 Å². The van der Waals surface area contributed by atoms with Crippen molar-refractivity contribution in [3.63, 3.8) is 0 Å². The second-order valence-corrected chi connectivity index (χ2v) is 2.63. The largest absolute Gasteiger partial charge is 0.480 e. The Bertz CT molecular complexity index is 264. The molecule has 0 saturated carbocycles. The van der Waals surface area contributed by atoms with Gasteiger partial charge in [-0.3, -0.25) is 4.79 Å².